The van der Waals surface area contributed by atoms with Crippen LogP contribution in [0.15, 0.2) is 18.2 Å². The first-order valence-corrected chi connectivity index (χ1v) is 8.74. The van der Waals surface area contributed by atoms with Gasteiger partial charge in [0, 0.05) is 11.1 Å². The van der Waals surface area contributed by atoms with Crippen LogP contribution in [0.5, 0.6) is 0 Å². The van der Waals surface area contributed by atoms with Gasteiger partial charge in [-0.15, -0.1) is 0 Å². The fourth-order valence-electron chi connectivity index (χ4n) is 5.46. The van der Waals surface area contributed by atoms with Crippen molar-refractivity contribution in [3.63, 3.8) is 0 Å². The van der Waals surface area contributed by atoms with Gasteiger partial charge in [0.25, 0.3) is 0 Å². The largest absolute Gasteiger partial charge is 0.314 e. The topological polar surface area (TPSA) is 12.0 Å². The van der Waals surface area contributed by atoms with Crippen molar-refractivity contribution in [1.29, 1.82) is 0 Å². The first kappa shape index (κ1) is 14.0. The van der Waals surface area contributed by atoms with E-state index in [4.69, 9.17) is 11.6 Å². The maximum absolute atomic E-state index is 14.1. The molecule has 0 heterocycles. The monoisotopic (exact) mass is 307 g/mol. The molecule has 114 valence electrons. The summed E-state index contributed by atoms with van der Waals surface area (Å²) in [4.78, 5) is 0. The smallest absolute Gasteiger partial charge is 0.127 e. The van der Waals surface area contributed by atoms with Gasteiger partial charge in [-0.05, 0) is 79.5 Å². The Hall–Kier alpha value is -0.600. The number of rotatable bonds is 5. The summed E-state index contributed by atoms with van der Waals surface area (Å²) in [6.45, 7) is 3.11. The summed E-state index contributed by atoms with van der Waals surface area (Å²) in [5, 5.41) is 4.12. The van der Waals surface area contributed by atoms with E-state index >= 15 is 0 Å². The summed E-state index contributed by atoms with van der Waals surface area (Å²) >= 11 is 5.86. The van der Waals surface area contributed by atoms with Crippen LogP contribution < -0.4 is 5.32 Å². The predicted molar refractivity (Wildman–Crippen MR) is 83.9 cm³/mol. The van der Waals surface area contributed by atoms with Crippen LogP contribution in [-0.2, 0) is 6.42 Å². The fourth-order valence-corrected chi connectivity index (χ4v) is 5.62. The van der Waals surface area contributed by atoms with E-state index in [1.54, 1.807) is 6.07 Å². The molecule has 0 spiro atoms. The van der Waals surface area contributed by atoms with Crippen molar-refractivity contribution < 1.29 is 4.39 Å². The van der Waals surface area contributed by atoms with Crippen molar-refractivity contribution in [1.82, 2.24) is 5.32 Å². The summed E-state index contributed by atoms with van der Waals surface area (Å²) in [5.74, 6) is 4.44. The summed E-state index contributed by atoms with van der Waals surface area (Å²) in [5.41, 5.74) is 0.808. The van der Waals surface area contributed by atoms with Crippen molar-refractivity contribution in [3.05, 3.63) is 34.6 Å². The van der Waals surface area contributed by atoms with E-state index in [-0.39, 0.29) is 5.82 Å². The lowest BCUT2D eigenvalue weighted by Crippen LogP contribution is -2.35. The molecule has 1 nitrogen and oxygen atoms in total. The zero-order chi connectivity index (χ0) is 14.6. The van der Waals surface area contributed by atoms with Crippen LogP contribution in [0.1, 0.15) is 31.7 Å². The van der Waals surface area contributed by atoms with Crippen molar-refractivity contribution >= 4 is 11.6 Å². The Morgan fingerprint density at radius 2 is 2.00 bits per heavy atom. The van der Waals surface area contributed by atoms with Gasteiger partial charge in [0.15, 0.2) is 0 Å². The molecule has 3 saturated carbocycles. The van der Waals surface area contributed by atoms with E-state index in [2.05, 4.69) is 12.2 Å². The van der Waals surface area contributed by atoms with E-state index < -0.39 is 0 Å². The SMILES string of the molecule is CCNC(Cc1ccc(Cl)cc1F)C1C2C3CCC(C3)C21. The van der Waals surface area contributed by atoms with Crippen LogP contribution >= 0.6 is 11.6 Å². The quantitative estimate of drug-likeness (QED) is 0.855. The van der Waals surface area contributed by atoms with Gasteiger partial charge in [0.1, 0.15) is 5.82 Å². The van der Waals surface area contributed by atoms with E-state index in [0.29, 0.717) is 11.1 Å². The standard InChI is InChI=1S/C18H23ClFN/c1-2-21-15(8-10-5-6-13(19)9-14(10)20)18-16-11-3-4-12(7-11)17(16)18/h5-6,9,11-12,15-18,21H,2-4,7-8H2,1H3. The Morgan fingerprint density at radius 3 is 2.62 bits per heavy atom. The lowest BCUT2D eigenvalue weighted by Gasteiger charge is -2.22. The average Bonchev–Trinajstić information content (AvgIpc) is 2.88. The highest BCUT2D eigenvalue weighted by Crippen LogP contribution is 2.70. The number of fused-ring (bicyclic) bond motifs is 5. The molecule has 1 N–H and O–H groups in total. The molecule has 3 fully saturated rings. The molecule has 5 atom stereocenters. The molecule has 3 aliphatic rings. The molecule has 0 aromatic heterocycles. The molecular weight excluding hydrogens is 285 g/mol. The number of nitrogens with one attached hydrogen (secondary N) is 1. The average molecular weight is 308 g/mol. The third-order valence-corrected chi connectivity index (χ3v) is 6.42. The zero-order valence-electron chi connectivity index (χ0n) is 12.5. The van der Waals surface area contributed by atoms with Gasteiger partial charge in [0.05, 0.1) is 0 Å². The van der Waals surface area contributed by atoms with Crippen molar-refractivity contribution in [3.8, 4) is 0 Å². The van der Waals surface area contributed by atoms with Gasteiger partial charge in [-0.1, -0.05) is 24.6 Å². The molecule has 2 bridgehead atoms. The number of likely N-dealkylation sites (N-methyl/N-ethyl adjacent to an activating group) is 1. The van der Waals surface area contributed by atoms with Gasteiger partial charge in [-0.2, -0.15) is 0 Å². The molecule has 0 aliphatic heterocycles. The molecule has 21 heavy (non-hydrogen) atoms. The van der Waals surface area contributed by atoms with Crippen molar-refractivity contribution in [2.75, 3.05) is 6.54 Å². The van der Waals surface area contributed by atoms with Crippen molar-refractivity contribution in [2.45, 2.75) is 38.6 Å². The maximum Gasteiger partial charge on any atom is 0.127 e. The highest BCUT2D eigenvalue weighted by atomic mass is 35.5. The van der Waals surface area contributed by atoms with Gasteiger partial charge in [-0.25, -0.2) is 4.39 Å². The molecule has 3 aliphatic carbocycles. The number of hydrogen-bond donors (Lipinski definition) is 1. The predicted octanol–water partition coefficient (Wildman–Crippen LogP) is 4.29. The van der Waals surface area contributed by atoms with Crippen LogP contribution in [0.4, 0.5) is 4.39 Å². The van der Waals surface area contributed by atoms with Gasteiger partial charge in [-0.3, -0.25) is 0 Å². The summed E-state index contributed by atoms with van der Waals surface area (Å²) in [7, 11) is 0. The third-order valence-electron chi connectivity index (χ3n) is 6.18. The van der Waals surface area contributed by atoms with Gasteiger partial charge in [0.2, 0.25) is 0 Å². The second-order valence-electron chi connectivity index (χ2n) is 7.17. The van der Waals surface area contributed by atoms with E-state index in [1.807, 2.05) is 6.07 Å². The van der Waals surface area contributed by atoms with E-state index in [0.717, 1.165) is 48.1 Å². The van der Waals surface area contributed by atoms with Crippen LogP contribution in [0.25, 0.3) is 0 Å². The normalized spacial score (nSPS) is 37.6. The number of benzene rings is 1. The maximum atomic E-state index is 14.1. The molecule has 0 amide bonds. The Bertz CT molecular complexity index is 530. The third kappa shape index (κ3) is 2.31. The van der Waals surface area contributed by atoms with Crippen LogP contribution in [0.2, 0.25) is 5.02 Å². The fraction of sp³-hybridized carbons (Fsp3) is 0.667. The van der Waals surface area contributed by atoms with Gasteiger partial charge >= 0.3 is 0 Å². The minimum Gasteiger partial charge on any atom is -0.314 e. The Morgan fingerprint density at radius 1 is 1.29 bits per heavy atom. The Balaban J connectivity index is 1.51. The first-order chi connectivity index (χ1) is 10.2. The summed E-state index contributed by atoms with van der Waals surface area (Å²) in [6, 6.07) is 5.54. The lowest BCUT2D eigenvalue weighted by molar-refractivity contribution is 0.363. The molecule has 4 rings (SSSR count). The van der Waals surface area contributed by atoms with E-state index in [9.17, 15) is 4.39 Å². The van der Waals surface area contributed by atoms with Crippen molar-refractivity contribution in [2.24, 2.45) is 29.6 Å². The van der Waals surface area contributed by atoms with Gasteiger partial charge < -0.3 is 5.32 Å². The number of halogens is 2. The molecular formula is C18H23ClFN. The molecule has 5 unspecified atom stereocenters. The highest BCUT2D eigenvalue weighted by molar-refractivity contribution is 6.30. The van der Waals surface area contributed by atoms with Crippen LogP contribution in [0, 0.1) is 35.4 Å². The second-order valence-corrected chi connectivity index (χ2v) is 7.61. The summed E-state index contributed by atoms with van der Waals surface area (Å²) < 4.78 is 14.1. The first-order valence-electron chi connectivity index (χ1n) is 8.36. The number of hydrogen-bond acceptors (Lipinski definition) is 1. The van der Waals surface area contributed by atoms with Crippen LogP contribution in [0.3, 0.4) is 0 Å². The van der Waals surface area contributed by atoms with E-state index in [1.165, 1.54) is 25.3 Å². The minimum atomic E-state index is -0.154. The molecule has 3 heteroatoms. The highest BCUT2D eigenvalue weighted by Gasteiger charge is 2.66. The summed E-state index contributed by atoms with van der Waals surface area (Å²) in [6.07, 6.45) is 5.15. The second kappa shape index (κ2) is 5.24. The molecule has 1 aromatic rings. The Labute approximate surface area is 131 Å². The molecule has 0 saturated heterocycles. The van der Waals surface area contributed by atoms with Crippen LogP contribution in [-0.4, -0.2) is 12.6 Å². The lowest BCUT2D eigenvalue weighted by atomic mass is 9.93. The molecule has 0 radical (unpaired) electrons. The zero-order valence-corrected chi connectivity index (χ0v) is 13.2. The Kier molecular flexibility index (Phi) is 3.50. The minimum absolute atomic E-state index is 0.154. The molecule has 1 aromatic carbocycles.